The summed E-state index contributed by atoms with van der Waals surface area (Å²) in [5.74, 6) is 0. The maximum absolute atomic E-state index is 7.14. The van der Waals surface area contributed by atoms with Crippen LogP contribution in [-0.2, 0) is 23.7 Å². The second-order valence-corrected chi connectivity index (χ2v) is 3.21. The van der Waals surface area contributed by atoms with Crippen LogP contribution in [0.1, 0.15) is 5.48 Å². The van der Waals surface area contributed by atoms with Gasteiger partial charge >= 0.3 is 0 Å². The highest BCUT2D eigenvalue weighted by molar-refractivity contribution is 4.90. The quantitative estimate of drug-likeness (QED) is 0.639. The summed E-state index contributed by atoms with van der Waals surface area (Å²) >= 11 is 0. The van der Waals surface area contributed by atoms with Gasteiger partial charge in [0.05, 0.1) is 18.7 Å². The van der Waals surface area contributed by atoms with Crippen LogP contribution in [0, 0.1) is 0 Å². The van der Waals surface area contributed by atoms with E-state index in [1.165, 1.54) is 0 Å². The highest BCUT2D eigenvalue weighted by Gasteiger charge is 2.42. The van der Waals surface area contributed by atoms with Crippen LogP contribution < -0.4 is 0 Å². The third kappa shape index (κ3) is 2.89. The van der Waals surface area contributed by atoms with E-state index >= 15 is 0 Å². The zero-order valence-electron chi connectivity index (χ0n) is 12.6. The number of hydrogen-bond donors (Lipinski definition) is 0. The minimum absolute atomic E-state index is 0.110. The van der Waals surface area contributed by atoms with Crippen LogP contribution in [0.3, 0.4) is 0 Å². The van der Waals surface area contributed by atoms with Gasteiger partial charge in [-0.05, 0) is 0 Å². The molecular formula is C10H20O5. The predicted octanol–water partition coefficient (Wildman–Crippen LogP) is 0.0766. The van der Waals surface area contributed by atoms with Crippen LogP contribution in [0.4, 0.5) is 0 Å². The summed E-state index contributed by atoms with van der Waals surface area (Å²) in [5.41, 5.74) is 0. The minimum Gasteiger partial charge on any atom is -0.382 e. The van der Waals surface area contributed by atoms with Gasteiger partial charge in [-0.3, -0.25) is 0 Å². The van der Waals surface area contributed by atoms with Gasteiger partial charge in [0.2, 0.25) is 0 Å². The van der Waals surface area contributed by atoms with E-state index in [4.69, 9.17) is 29.2 Å². The van der Waals surface area contributed by atoms with Crippen molar-refractivity contribution in [1.82, 2.24) is 0 Å². The molecule has 1 aliphatic rings. The molecule has 1 rings (SSSR count). The maximum atomic E-state index is 7.14. The van der Waals surface area contributed by atoms with E-state index in [1.807, 2.05) is 0 Å². The Kier molecular flexibility index (Phi) is 3.40. The number of rotatable bonds is 6. The van der Waals surface area contributed by atoms with Gasteiger partial charge in [-0.15, -0.1) is 0 Å². The van der Waals surface area contributed by atoms with Gasteiger partial charge < -0.3 is 23.7 Å². The lowest BCUT2D eigenvalue weighted by molar-refractivity contribution is -0.102. The highest BCUT2D eigenvalue weighted by atomic mass is 16.6. The number of hydrogen-bond acceptors (Lipinski definition) is 5. The van der Waals surface area contributed by atoms with Crippen molar-refractivity contribution in [3.63, 3.8) is 0 Å². The Hall–Kier alpha value is -0.200. The Morgan fingerprint density at radius 3 is 3.00 bits per heavy atom. The fourth-order valence-electron chi connectivity index (χ4n) is 1.63. The van der Waals surface area contributed by atoms with Gasteiger partial charge in [0, 0.05) is 28.3 Å². The van der Waals surface area contributed by atoms with Gasteiger partial charge in [0.15, 0.2) is 0 Å². The van der Waals surface area contributed by atoms with Gasteiger partial charge in [-0.1, -0.05) is 0 Å². The van der Waals surface area contributed by atoms with E-state index in [-0.39, 0.29) is 41.6 Å². The van der Waals surface area contributed by atoms with Crippen molar-refractivity contribution in [3.05, 3.63) is 0 Å². The SMILES string of the molecule is [2H]COC[C@@H](OC[2H])[C@H]1OC[C@H](OC[2H])[C@H]1OC[2H]. The first-order chi connectivity index (χ1) is 9.28. The van der Waals surface area contributed by atoms with E-state index < -0.39 is 24.4 Å². The third-order valence-corrected chi connectivity index (χ3v) is 2.41. The first kappa shape index (κ1) is 7.97. The molecule has 1 aliphatic heterocycles. The molecule has 4 atom stereocenters. The lowest BCUT2D eigenvalue weighted by Crippen LogP contribution is -2.43. The molecule has 0 N–H and O–H groups in total. The maximum Gasteiger partial charge on any atom is 0.115 e. The summed E-state index contributed by atoms with van der Waals surface area (Å²) in [7, 11) is -0.939. The first-order valence-corrected chi connectivity index (χ1v) is 4.49. The van der Waals surface area contributed by atoms with E-state index in [2.05, 4.69) is 0 Å². The molecule has 0 amide bonds. The van der Waals surface area contributed by atoms with Gasteiger partial charge in [0.1, 0.15) is 24.4 Å². The third-order valence-electron chi connectivity index (χ3n) is 2.41. The zero-order chi connectivity index (χ0) is 14.1. The largest absolute Gasteiger partial charge is 0.382 e. The molecule has 1 heterocycles. The minimum atomic E-state index is -0.557. The molecule has 0 saturated carbocycles. The normalized spacial score (nSPS) is 36.7. The van der Waals surface area contributed by atoms with Crippen molar-refractivity contribution in [3.8, 4) is 0 Å². The van der Waals surface area contributed by atoms with Crippen molar-refractivity contribution in [1.29, 1.82) is 0 Å². The van der Waals surface area contributed by atoms with Crippen molar-refractivity contribution in [2.75, 3.05) is 41.6 Å². The Morgan fingerprint density at radius 1 is 1.33 bits per heavy atom. The number of ether oxygens (including phenoxy) is 5. The Bertz CT molecular complexity index is 236. The number of methoxy groups -OCH3 is 4. The summed E-state index contributed by atoms with van der Waals surface area (Å²) in [6.45, 7) is 0.353. The van der Waals surface area contributed by atoms with Crippen LogP contribution in [0.2, 0.25) is 0 Å². The molecule has 15 heavy (non-hydrogen) atoms. The molecule has 5 heteroatoms. The van der Waals surface area contributed by atoms with Crippen LogP contribution in [0.5, 0.6) is 0 Å². The van der Waals surface area contributed by atoms with Gasteiger partial charge in [-0.25, -0.2) is 0 Å². The molecule has 0 aliphatic carbocycles. The Labute approximate surface area is 96.2 Å². The van der Waals surface area contributed by atoms with Crippen molar-refractivity contribution in [2.24, 2.45) is 0 Å². The molecule has 0 bridgehead atoms. The van der Waals surface area contributed by atoms with Crippen molar-refractivity contribution in [2.45, 2.75) is 24.4 Å². The van der Waals surface area contributed by atoms with Crippen molar-refractivity contribution < 1.29 is 29.2 Å². The molecular weight excluding hydrogens is 200 g/mol. The lowest BCUT2D eigenvalue weighted by atomic mass is 10.1. The average Bonchev–Trinajstić information content (AvgIpc) is 2.79. The summed E-state index contributed by atoms with van der Waals surface area (Å²) in [6.07, 6.45) is -2.05. The van der Waals surface area contributed by atoms with Gasteiger partial charge in [0.25, 0.3) is 0 Å². The van der Waals surface area contributed by atoms with Gasteiger partial charge in [-0.2, -0.15) is 0 Å². The standard InChI is InChI=1S/C10H20O5/c1-11-5-7(12-2)10-9(14-4)8(13-3)6-15-10/h7-10H,5-6H2,1-4H3/t7-,8+,9-,10-/m1/s1/i1D,2D,3D,4D. The topological polar surface area (TPSA) is 46.2 Å². The first-order valence-electron chi connectivity index (χ1n) is 7.32. The molecule has 1 saturated heterocycles. The fourth-order valence-corrected chi connectivity index (χ4v) is 1.63. The second kappa shape index (κ2) is 6.40. The molecule has 1 fully saturated rings. The molecule has 0 aromatic heterocycles. The summed E-state index contributed by atoms with van der Waals surface area (Å²) < 4.78 is 54.5. The second-order valence-electron chi connectivity index (χ2n) is 3.21. The lowest BCUT2D eigenvalue weighted by Gasteiger charge is -2.26. The molecule has 0 spiro atoms. The molecule has 5 nitrogen and oxygen atoms in total. The van der Waals surface area contributed by atoms with Crippen LogP contribution in [0.25, 0.3) is 0 Å². The Morgan fingerprint density at radius 2 is 2.27 bits per heavy atom. The fraction of sp³-hybridized carbons (Fsp3) is 1.00. The average molecular weight is 224 g/mol. The molecule has 90 valence electrons. The van der Waals surface area contributed by atoms with E-state index in [0.29, 0.717) is 0 Å². The predicted molar refractivity (Wildman–Crippen MR) is 54.0 cm³/mol. The summed E-state index contributed by atoms with van der Waals surface area (Å²) in [4.78, 5) is 0. The molecule has 0 radical (unpaired) electrons. The smallest absolute Gasteiger partial charge is 0.115 e. The summed E-state index contributed by atoms with van der Waals surface area (Å²) in [5, 5.41) is 0. The van der Waals surface area contributed by atoms with E-state index in [0.717, 1.165) is 0 Å². The summed E-state index contributed by atoms with van der Waals surface area (Å²) in [6, 6.07) is 0. The van der Waals surface area contributed by atoms with Crippen LogP contribution in [-0.4, -0.2) is 66.0 Å². The van der Waals surface area contributed by atoms with Crippen LogP contribution in [0.15, 0.2) is 0 Å². The highest BCUT2D eigenvalue weighted by Crippen LogP contribution is 2.23. The van der Waals surface area contributed by atoms with Crippen molar-refractivity contribution >= 4 is 0 Å². The van der Waals surface area contributed by atoms with E-state index in [9.17, 15) is 0 Å². The molecule has 0 aromatic rings. The van der Waals surface area contributed by atoms with E-state index in [1.54, 1.807) is 0 Å². The Balaban J connectivity index is 2.64. The zero-order valence-corrected chi connectivity index (χ0v) is 8.59. The monoisotopic (exact) mass is 224 g/mol. The molecule has 0 aromatic carbocycles. The van der Waals surface area contributed by atoms with Crippen LogP contribution >= 0.6 is 0 Å². The molecule has 0 unspecified atom stereocenters.